The molecule has 0 aromatic carbocycles. The maximum Gasteiger partial charge on any atom is 0.356 e. The van der Waals surface area contributed by atoms with Crippen molar-refractivity contribution in [3.05, 3.63) is 15.0 Å². The van der Waals surface area contributed by atoms with Crippen LogP contribution in [-0.2, 0) is 15.3 Å². The van der Waals surface area contributed by atoms with Crippen LogP contribution in [0, 0.1) is 10.9 Å². The van der Waals surface area contributed by atoms with E-state index in [4.69, 9.17) is 12.2 Å². The van der Waals surface area contributed by atoms with Crippen LogP contribution in [0.3, 0.4) is 0 Å². The lowest BCUT2D eigenvalue weighted by atomic mass is 10.6. The summed E-state index contributed by atoms with van der Waals surface area (Å²) in [5.41, 5.74) is 1.02. The minimum atomic E-state index is -0.248. The molecule has 0 bridgehead atoms. The predicted molar refractivity (Wildman–Crippen MR) is 50.9 cm³/mol. The Morgan fingerprint density at radius 3 is 2.92 bits per heavy atom. The summed E-state index contributed by atoms with van der Waals surface area (Å²) in [6.45, 7) is 1.93. The van der Waals surface area contributed by atoms with Gasteiger partial charge < -0.3 is 9.72 Å². The van der Waals surface area contributed by atoms with Crippen molar-refractivity contribution in [3.8, 4) is 0 Å². The SMILES string of the molecule is COC(=O)C[s+]1cc(C)[nH]c1=S. The van der Waals surface area contributed by atoms with Crippen molar-refractivity contribution in [2.24, 2.45) is 0 Å². The normalized spacial score (nSPS) is 11.3. The Morgan fingerprint density at radius 2 is 2.50 bits per heavy atom. The van der Waals surface area contributed by atoms with Crippen LogP contribution in [0.2, 0.25) is 0 Å². The molecule has 0 spiro atoms. The minimum Gasteiger partial charge on any atom is -0.467 e. The van der Waals surface area contributed by atoms with Gasteiger partial charge in [-0.05, 0) is 17.4 Å². The van der Waals surface area contributed by atoms with Crippen molar-refractivity contribution in [2.45, 2.75) is 12.7 Å². The smallest absolute Gasteiger partial charge is 0.356 e. The van der Waals surface area contributed by atoms with Crippen molar-refractivity contribution >= 4 is 28.7 Å². The molecule has 1 unspecified atom stereocenters. The Kier molecular flexibility index (Phi) is 2.99. The third-order valence-electron chi connectivity index (χ3n) is 1.36. The van der Waals surface area contributed by atoms with Gasteiger partial charge in [-0.15, -0.1) is 0 Å². The number of esters is 1. The van der Waals surface area contributed by atoms with E-state index in [1.165, 1.54) is 7.11 Å². The van der Waals surface area contributed by atoms with Crippen LogP contribution in [0.1, 0.15) is 5.69 Å². The van der Waals surface area contributed by atoms with Crippen molar-refractivity contribution in [1.29, 1.82) is 0 Å². The fourth-order valence-electron chi connectivity index (χ4n) is 0.816. The molecule has 1 aromatic heterocycles. The molecule has 0 fully saturated rings. The zero-order chi connectivity index (χ0) is 9.14. The number of carbonyl (C=O) groups excluding carboxylic acids is 1. The van der Waals surface area contributed by atoms with Crippen molar-refractivity contribution in [1.82, 2.24) is 4.98 Å². The van der Waals surface area contributed by atoms with Crippen LogP contribution < -0.4 is 0 Å². The summed E-state index contributed by atoms with van der Waals surface area (Å²) in [7, 11) is 1.14. The largest absolute Gasteiger partial charge is 0.467 e. The molecule has 5 heteroatoms. The zero-order valence-corrected chi connectivity index (χ0v) is 8.55. The van der Waals surface area contributed by atoms with E-state index in [0.717, 1.165) is 9.65 Å². The summed E-state index contributed by atoms with van der Waals surface area (Å²) in [4.78, 5) is 13.9. The molecule has 66 valence electrons. The Bertz CT molecular complexity index is 339. The topological polar surface area (TPSA) is 42.1 Å². The van der Waals surface area contributed by atoms with Gasteiger partial charge in [0, 0.05) is 5.69 Å². The highest BCUT2D eigenvalue weighted by Gasteiger charge is 2.12. The number of rotatable bonds is 2. The van der Waals surface area contributed by atoms with Crippen LogP contribution in [0.4, 0.5) is 0 Å². The standard InChI is InChI=1S/C7H9NO2S2/c1-5-3-12(7(11)8-5)4-6(9)10-2/h3H,4H2,1-2H3/p+1. The first-order valence-corrected chi connectivity index (χ1v) is 5.26. The lowest BCUT2D eigenvalue weighted by Gasteiger charge is -1.90. The van der Waals surface area contributed by atoms with Gasteiger partial charge >= 0.3 is 9.92 Å². The van der Waals surface area contributed by atoms with Crippen LogP contribution in [-0.4, -0.2) is 18.1 Å². The average Bonchev–Trinajstić information content (AvgIpc) is 2.30. The van der Waals surface area contributed by atoms with Gasteiger partial charge in [-0.3, -0.25) is 0 Å². The minimum absolute atomic E-state index is 0.214. The number of aromatic amines is 1. The van der Waals surface area contributed by atoms with E-state index in [-0.39, 0.29) is 16.4 Å². The molecular formula is C7H10NO2S2+. The number of aryl methyl sites for hydroxylation is 1. The van der Waals surface area contributed by atoms with Gasteiger partial charge in [0.15, 0.2) is 5.75 Å². The molecule has 1 atom stereocenters. The molecular weight excluding hydrogens is 194 g/mol. The molecule has 1 heterocycles. The number of ether oxygens (including phenoxy) is 1. The number of nitrogens with one attached hydrogen (secondary N) is 1. The van der Waals surface area contributed by atoms with Crippen molar-refractivity contribution < 1.29 is 9.53 Å². The fourth-order valence-corrected chi connectivity index (χ4v) is 2.77. The van der Waals surface area contributed by atoms with Crippen LogP contribution in [0.5, 0.6) is 0 Å². The van der Waals surface area contributed by atoms with E-state index in [1.807, 2.05) is 12.3 Å². The van der Waals surface area contributed by atoms with E-state index >= 15 is 0 Å². The quantitative estimate of drug-likeness (QED) is 0.455. The van der Waals surface area contributed by atoms with E-state index in [1.54, 1.807) is 0 Å². The second-order valence-electron chi connectivity index (χ2n) is 2.36. The Hall–Kier alpha value is -0.680. The highest BCUT2D eigenvalue weighted by Crippen LogP contribution is 2.21. The summed E-state index contributed by atoms with van der Waals surface area (Å²) >= 11 is 5.03. The third-order valence-corrected chi connectivity index (χ3v) is 3.86. The average molecular weight is 204 g/mol. The Balaban J connectivity index is 2.82. The van der Waals surface area contributed by atoms with Crippen molar-refractivity contribution in [3.63, 3.8) is 0 Å². The lowest BCUT2D eigenvalue weighted by Crippen LogP contribution is -1.99. The number of carbonyl (C=O) groups is 1. The Labute approximate surface area is 78.4 Å². The summed E-state index contributed by atoms with van der Waals surface area (Å²) < 4.78 is 5.28. The molecule has 1 N–H and O–H groups in total. The zero-order valence-electron chi connectivity index (χ0n) is 6.92. The second kappa shape index (κ2) is 3.82. The van der Waals surface area contributed by atoms with Crippen LogP contribution >= 0.6 is 22.7 Å². The van der Waals surface area contributed by atoms with Crippen LogP contribution in [0.15, 0.2) is 5.38 Å². The molecule has 0 saturated heterocycles. The summed E-state index contributed by atoms with van der Waals surface area (Å²) in [6, 6.07) is 0. The number of hydrogen-bond acceptors (Lipinski definition) is 3. The molecule has 1 aromatic rings. The van der Waals surface area contributed by atoms with Crippen LogP contribution in [0.25, 0.3) is 0 Å². The number of thiazole rings is 1. The number of hydrogen-bond donors (Lipinski definition) is 1. The molecule has 3 nitrogen and oxygen atoms in total. The van der Waals surface area contributed by atoms with Crippen molar-refractivity contribution in [2.75, 3.05) is 7.11 Å². The predicted octanol–water partition coefficient (Wildman–Crippen LogP) is 1.97. The molecule has 0 saturated carbocycles. The van der Waals surface area contributed by atoms with Gasteiger partial charge in [0.05, 0.1) is 12.5 Å². The summed E-state index contributed by atoms with van der Waals surface area (Å²) in [5.74, 6) is 0.146. The summed E-state index contributed by atoms with van der Waals surface area (Å²) in [6.07, 6.45) is 0. The number of H-pyrrole nitrogens is 1. The Morgan fingerprint density at radius 1 is 1.83 bits per heavy atom. The van der Waals surface area contributed by atoms with E-state index in [2.05, 4.69) is 9.72 Å². The third kappa shape index (κ3) is 2.15. The molecule has 0 aliphatic heterocycles. The van der Waals surface area contributed by atoms with Gasteiger partial charge in [0.25, 0.3) is 12.2 Å². The first kappa shape index (κ1) is 9.41. The number of methoxy groups -OCH3 is 1. The second-order valence-corrected chi connectivity index (χ2v) is 4.82. The monoisotopic (exact) mass is 204 g/mol. The number of aromatic nitrogens is 1. The first-order chi connectivity index (χ1) is 5.63. The van der Waals surface area contributed by atoms with Gasteiger partial charge in [-0.1, -0.05) is 0 Å². The molecule has 0 radical (unpaired) electrons. The fraction of sp³-hybridized carbons (Fsp3) is 0.429. The molecule has 1 rings (SSSR count). The highest BCUT2D eigenvalue weighted by atomic mass is 32.2. The van der Waals surface area contributed by atoms with E-state index in [0.29, 0.717) is 5.75 Å². The van der Waals surface area contributed by atoms with Gasteiger partial charge in [-0.2, -0.15) is 0 Å². The first-order valence-electron chi connectivity index (χ1n) is 3.39. The summed E-state index contributed by atoms with van der Waals surface area (Å²) in [5, 5.41) is 1.97. The van der Waals surface area contributed by atoms with Gasteiger partial charge in [0.1, 0.15) is 0 Å². The highest BCUT2D eigenvalue weighted by molar-refractivity contribution is 7.74. The van der Waals surface area contributed by atoms with E-state index < -0.39 is 0 Å². The maximum atomic E-state index is 10.9. The molecule has 0 amide bonds. The molecule has 12 heavy (non-hydrogen) atoms. The molecule has 0 aliphatic rings. The van der Waals surface area contributed by atoms with Gasteiger partial charge in [0.2, 0.25) is 0 Å². The van der Waals surface area contributed by atoms with E-state index in [9.17, 15) is 4.79 Å². The molecule has 0 aliphatic carbocycles. The van der Waals surface area contributed by atoms with Gasteiger partial charge in [-0.25, -0.2) is 4.79 Å². The lowest BCUT2D eigenvalue weighted by molar-refractivity contribution is -0.138. The maximum absolute atomic E-state index is 10.9.